The average molecular weight is 366 g/mol. The number of hydrogen-bond donors (Lipinski definition) is 2. The summed E-state index contributed by atoms with van der Waals surface area (Å²) in [6.45, 7) is 7.96. The van der Waals surface area contributed by atoms with Gasteiger partial charge < -0.3 is 10.4 Å². The fourth-order valence-electron chi connectivity index (χ4n) is 3.09. The van der Waals surface area contributed by atoms with Crippen molar-refractivity contribution in [1.82, 2.24) is 20.1 Å². The van der Waals surface area contributed by atoms with Crippen LogP contribution in [-0.2, 0) is 6.42 Å². The highest BCUT2D eigenvalue weighted by Gasteiger charge is 2.16. The highest BCUT2D eigenvalue weighted by atomic mass is 16.3. The summed E-state index contributed by atoms with van der Waals surface area (Å²) in [5.74, 6) is 0.150. The number of aryl methyl sites for hydroxylation is 2. The van der Waals surface area contributed by atoms with Gasteiger partial charge in [-0.2, -0.15) is 5.10 Å². The molecule has 0 saturated carbocycles. The molecule has 6 nitrogen and oxygen atoms in total. The van der Waals surface area contributed by atoms with Gasteiger partial charge in [0.15, 0.2) is 5.65 Å². The van der Waals surface area contributed by atoms with Crippen LogP contribution >= 0.6 is 0 Å². The van der Waals surface area contributed by atoms with Crippen molar-refractivity contribution < 1.29 is 9.90 Å². The lowest BCUT2D eigenvalue weighted by Gasteiger charge is -2.15. The Morgan fingerprint density at radius 1 is 1.22 bits per heavy atom. The van der Waals surface area contributed by atoms with Crippen molar-refractivity contribution in [3.63, 3.8) is 0 Å². The van der Waals surface area contributed by atoms with Crippen LogP contribution in [0.2, 0.25) is 0 Å². The summed E-state index contributed by atoms with van der Waals surface area (Å²) in [4.78, 5) is 17.3. The highest BCUT2D eigenvalue weighted by Crippen LogP contribution is 2.19. The van der Waals surface area contributed by atoms with Crippen molar-refractivity contribution in [2.75, 3.05) is 0 Å². The lowest BCUT2D eigenvalue weighted by atomic mass is 10.1. The maximum atomic E-state index is 12.7. The van der Waals surface area contributed by atoms with Gasteiger partial charge in [-0.15, -0.1) is 0 Å². The molecule has 0 spiro atoms. The Labute approximate surface area is 159 Å². The molecule has 2 aromatic heterocycles. The van der Waals surface area contributed by atoms with Crippen molar-refractivity contribution in [1.29, 1.82) is 0 Å². The highest BCUT2D eigenvalue weighted by molar-refractivity contribution is 5.98. The SMILES string of the molecule is Cc1nc2c(cnn2C(C)C)cc1C(=O)NC(C)CCc1ccc(O)cc1. The summed E-state index contributed by atoms with van der Waals surface area (Å²) in [5.41, 5.74) is 3.23. The summed E-state index contributed by atoms with van der Waals surface area (Å²) in [6.07, 6.45) is 3.41. The van der Waals surface area contributed by atoms with Crippen molar-refractivity contribution in [3.05, 3.63) is 53.3 Å². The molecule has 0 bridgehead atoms. The fourth-order valence-corrected chi connectivity index (χ4v) is 3.09. The molecular formula is C21H26N4O2. The van der Waals surface area contributed by atoms with Crippen LogP contribution in [-0.4, -0.2) is 31.8 Å². The van der Waals surface area contributed by atoms with Crippen LogP contribution in [0.15, 0.2) is 36.5 Å². The maximum Gasteiger partial charge on any atom is 0.253 e. The van der Waals surface area contributed by atoms with E-state index in [0.717, 1.165) is 29.4 Å². The molecule has 1 aromatic carbocycles. The largest absolute Gasteiger partial charge is 0.508 e. The second-order valence-corrected chi connectivity index (χ2v) is 7.30. The van der Waals surface area contributed by atoms with E-state index in [9.17, 15) is 9.90 Å². The van der Waals surface area contributed by atoms with Crippen molar-refractivity contribution >= 4 is 16.9 Å². The van der Waals surface area contributed by atoms with Gasteiger partial charge in [-0.05, 0) is 64.3 Å². The van der Waals surface area contributed by atoms with E-state index in [-0.39, 0.29) is 23.7 Å². The number of carbonyl (C=O) groups excluding carboxylic acids is 1. The zero-order valence-corrected chi connectivity index (χ0v) is 16.2. The number of phenolic OH excluding ortho intramolecular Hbond substituents is 1. The topological polar surface area (TPSA) is 80.0 Å². The molecule has 142 valence electrons. The predicted molar refractivity (Wildman–Crippen MR) is 106 cm³/mol. The van der Waals surface area contributed by atoms with E-state index < -0.39 is 0 Å². The lowest BCUT2D eigenvalue weighted by Crippen LogP contribution is -2.33. The Hall–Kier alpha value is -2.89. The van der Waals surface area contributed by atoms with E-state index in [1.165, 1.54) is 0 Å². The maximum absolute atomic E-state index is 12.7. The first-order chi connectivity index (χ1) is 12.8. The first-order valence-electron chi connectivity index (χ1n) is 9.28. The normalized spacial score (nSPS) is 12.5. The first-order valence-corrected chi connectivity index (χ1v) is 9.28. The number of nitrogens with zero attached hydrogens (tertiary/aromatic N) is 3. The Morgan fingerprint density at radius 3 is 2.59 bits per heavy atom. The van der Waals surface area contributed by atoms with Crippen molar-refractivity contribution in [2.45, 2.75) is 52.6 Å². The molecule has 0 saturated heterocycles. The monoisotopic (exact) mass is 366 g/mol. The van der Waals surface area contributed by atoms with Crippen molar-refractivity contribution in [2.24, 2.45) is 0 Å². The number of fused-ring (bicyclic) bond motifs is 1. The Morgan fingerprint density at radius 2 is 1.93 bits per heavy atom. The number of aromatic hydroxyl groups is 1. The summed E-state index contributed by atoms with van der Waals surface area (Å²) in [5, 5.41) is 17.6. The molecule has 3 aromatic rings. The lowest BCUT2D eigenvalue weighted by molar-refractivity contribution is 0.0937. The number of benzene rings is 1. The smallest absolute Gasteiger partial charge is 0.253 e. The van der Waals surface area contributed by atoms with Crippen LogP contribution in [0.1, 0.15) is 54.8 Å². The average Bonchev–Trinajstić information content (AvgIpc) is 3.03. The molecule has 2 heterocycles. The van der Waals surface area contributed by atoms with E-state index in [4.69, 9.17) is 0 Å². The van der Waals surface area contributed by atoms with E-state index in [1.54, 1.807) is 18.3 Å². The minimum absolute atomic E-state index is 0.0276. The zero-order valence-electron chi connectivity index (χ0n) is 16.2. The van der Waals surface area contributed by atoms with Gasteiger partial charge in [-0.25, -0.2) is 9.67 Å². The number of carbonyl (C=O) groups is 1. The summed E-state index contributed by atoms with van der Waals surface area (Å²) >= 11 is 0. The number of pyridine rings is 1. The predicted octanol–water partition coefficient (Wildman–Crippen LogP) is 3.78. The molecule has 1 amide bonds. The third kappa shape index (κ3) is 4.27. The first kappa shape index (κ1) is 18.9. The van der Waals surface area contributed by atoms with Crippen LogP contribution in [0.25, 0.3) is 11.0 Å². The molecule has 1 atom stereocenters. The van der Waals surface area contributed by atoms with Gasteiger partial charge >= 0.3 is 0 Å². The quantitative estimate of drug-likeness (QED) is 0.696. The number of phenols is 1. The van der Waals surface area contributed by atoms with E-state index in [2.05, 4.69) is 29.2 Å². The van der Waals surface area contributed by atoms with Gasteiger partial charge in [0.05, 0.1) is 17.5 Å². The zero-order chi connectivity index (χ0) is 19.6. The van der Waals surface area contributed by atoms with Gasteiger partial charge in [0.1, 0.15) is 5.75 Å². The van der Waals surface area contributed by atoms with Crippen LogP contribution in [0.4, 0.5) is 0 Å². The van der Waals surface area contributed by atoms with Crippen LogP contribution in [0.5, 0.6) is 5.75 Å². The number of nitrogens with one attached hydrogen (secondary N) is 1. The van der Waals surface area contributed by atoms with E-state index >= 15 is 0 Å². The number of amides is 1. The van der Waals surface area contributed by atoms with E-state index in [1.807, 2.05) is 36.7 Å². The van der Waals surface area contributed by atoms with Gasteiger partial charge in [-0.3, -0.25) is 4.79 Å². The number of aromatic nitrogens is 3. The molecule has 2 N–H and O–H groups in total. The second kappa shape index (κ2) is 7.78. The summed E-state index contributed by atoms with van der Waals surface area (Å²) in [6, 6.07) is 9.27. The molecule has 3 rings (SSSR count). The molecule has 1 unspecified atom stereocenters. The number of rotatable bonds is 6. The van der Waals surface area contributed by atoms with Gasteiger partial charge in [0, 0.05) is 17.5 Å². The number of hydrogen-bond acceptors (Lipinski definition) is 4. The molecule has 0 aliphatic rings. The van der Waals surface area contributed by atoms with E-state index in [0.29, 0.717) is 11.3 Å². The van der Waals surface area contributed by atoms with Gasteiger partial charge in [0.2, 0.25) is 0 Å². The second-order valence-electron chi connectivity index (χ2n) is 7.30. The summed E-state index contributed by atoms with van der Waals surface area (Å²) in [7, 11) is 0. The third-order valence-electron chi connectivity index (χ3n) is 4.67. The molecule has 6 heteroatoms. The molecule has 0 radical (unpaired) electrons. The van der Waals surface area contributed by atoms with Gasteiger partial charge in [0.25, 0.3) is 5.91 Å². The molecule has 0 aliphatic heterocycles. The van der Waals surface area contributed by atoms with Crippen LogP contribution < -0.4 is 5.32 Å². The Kier molecular flexibility index (Phi) is 5.44. The molecule has 0 aliphatic carbocycles. The minimum atomic E-state index is -0.114. The molecule has 0 fully saturated rings. The molecule has 27 heavy (non-hydrogen) atoms. The van der Waals surface area contributed by atoms with Crippen molar-refractivity contribution in [3.8, 4) is 5.75 Å². The van der Waals surface area contributed by atoms with Gasteiger partial charge in [-0.1, -0.05) is 12.1 Å². The third-order valence-corrected chi connectivity index (χ3v) is 4.67. The van der Waals surface area contributed by atoms with Crippen LogP contribution in [0.3, 0.4) is 0 Å². The standard InChI is InChI=1S/C21H26N4O2/c1-13(2)25-20-17(12-22-25)11-19(15(4)24-20)21(27)23-14(3)5-6-16-7-9-18(26)10-8-16/h7-14,26H,5-6H2,1-4H3,(H,23,27). The summed E-state index contributed by atoms with van der Waals surface area (Å²) < 4.78 is 1.87. The Balaban J connectivity index is 1.68. The fraction of sp³-hybridized carbons (Fsp3) is 0.381. The Bertz CT molecular complexity index is 945. The van der Waals surface area contributed by atoms with Crippen LogP contribution in [0, 0.1) is 6.92 Å². The molecular weight excluding hydrogens is 340 g/mol. The minimum Gasteiger partial charge on any atom is -0.508 e.